The van der Waals surface area contributed by atoms with E-state index >= 15 is 0 Å². The van der Waals surface area contributed by atoms with Crippen LogP contribution in [0.3, 0.4) is 0 Å². The molecule has 1 atom stereocenters. The Morgan fingerprint density at radius 3 is 2.08 bits per heavy atom. The summed E-state index contributed by atoms with van der Waals surface area (Å²) in [5, 5.41) is 10.6. The monoisotopic (exact) mass is 566 g/mol. The lowest BCUT2D eigenvalue weighted by Crippen LogP contribution is -2.12. The van der Waals surface area contributed by atoms with Crippen LogP contribution in [0.5, 0.6) is 0 Å². The van der Waals surface area contributed by atoms with E-state index in [1.54, 1.807) is 18.2 Å². The van der Waals surface area contributed by atoms with Crippen LogP contribution in [0, 0.1) is 35.8 Å². The number of aldehydes is 1. The molecule has 0 N–H and O–H groups in total. The molecular formula is C29H31Cl3F2N2O. The third kappa shape index (κ3) is 13.0. The Bertz CT molecular complexity index is 1160. The first-order valence-corrected chi connectivity index (χ1v) is 12.8. The number of rotatable bonds is 2. The summed E-state index contributed by atoms with van der Waals surface area (Å²) >= 11 is 17.3. The number of hydrogen-bond donors (Lipinski definition) is 0. The third-order valence-corrected chi connectivity index (χ3v) is 6.20. The summed E-state index contributed by atoms with van der Waals surface area (Å²) in [6, 6.07) is 15.5. The van der Waals surface area contributed by atoms with Crippen molar-refractivity contribution in [2.75, 3.05) is 20.1 Å². The summed E-state index contributed by atoms with van der Waals surface area (Å²) in [5.41, 5.74) is 2.72. The van der Waals surface area contributed by atoms with E-state index in [1.807, 2.05) is 31.2 Å². The lowest BCUT2D eigenvalue weighted by molar-refractivity contribution is 0.112. The number of aryl methyl sites for hydroxylation is 2. The Labute approximate surface area is 233 Å². The van der Waals surface area contributed by atoms with Gasteiger partial charge in [-0.2, -0.15) is 5.26 Å². The van der Waals surface area contributed by atoms with Gasteiger partial charge in [-0.3, -0.25) is 4.79 Å². The van der Waals surface area contributed by atoms with Gasteiger partial charge in [0.1, 0.15) is 24.0 Å². The van der Waals surface area contributed by atoms with Crippen molar-refractivity contribution in [3.8, 4) is 6.07 Å². The first kappa shape index (κ1) is 32.5. The number of halogens is 5. The Morgan fingerprint density at radius 2 is 1.68 bits per heavy atom. The minimum absolute atomic E-state index is 0.0116. The van der Waals surface area contributed by atoms with Crippen LogP contribution in [0.4, 0.5) is 8.78 Å². The van der Waals surface area contributed by atoms with Gasteiger partial charge in [0.25, 0.3) is 0 Å². The Balaban J connectivity index is 0.000000249. The molecule has 0 radical (unpaired) electrons. The van der Waals surface area contributed by atoms with Crippen molar-refractivity contribution in [2.45, 2.75) is 33.6 Å². The molecule has 0 bridgehead atoms. The van der Waals surface area contributed by atoms with Gasteiger partial charge in [0.2, 0.25) is 0 Å². The molecule has 3 aromatic rings. The van der Waals surface area contributed by atoms with Crippen molar-refractivity contribution in [1.82, 2.24) is 4.90 Å². The lowest BCUT2D eigenvalue weighted by Gasteiger charge is -2.03. The molecule has 0 aromatic heterocycles. The van der Waals surface area contributed by atoms with Gasteiger partial charge in [0.05, 0.1) is 10.6 Å². The molecule has 1 aliphatic heterocycles. The van der Waals surface area contributed by atoms with E-state index in [0.29, 0.717) is 22.9 Å². The van der Waals surface area contributed by atoms with Crippen LogP contribution in [0.1, 0.15) is 47.3 Å². The molecule has 0 aliphatic carbocycles. The zero-order valence-electron chi connectivity index (χ0n) is 21.4. The number of likely N-dealkylation sites (tertiary alicyclic amines) is 1. The topological polar surface area (TPSA) is 44.1 Å². The van der Waals surface area contributed by atoms with Crippen molar-refractivity contribution in [1.29, 1.82) is 5.26 Å². The second-order valence-electron chi connectivity index (χ2n) is 8.66. The number of hydrogen-bond acceptors (Lipinski definition) is 3. The van der Waals surface area contributed by atoms with E-state index in [0.717, 1.165) is 45.6 Å². The van der Waals surface area contributed by atoms with E-state index in [1.165, 1.54) is 19.5 Å². The Kier molecular flexibility index (Phi) is 15.0. The maximum Gasteiger partial charge on any atom is 0.150 e. The average Bonchev–Trinajstić information content (AvgIpc) is 3.23. The molecule has 1 aliphatic rings. The van der Waals surface area contributed by atoms with Crippen molar-refractivity contribution in [2.24, 2.45) is 5.92 Å². The van der Waals surface area contributed by atoms with E-state index in [9.17, 15) is 13.6 Å². The van der Waals surface area contributed by atoms with Crippen LogP contribution in [0.25, 0.3) is 0 Å². The lowest BCUT2D eigenvalue weighted by atomic mass is 10.2. The summed E-state index contributed by atoms with van der Waals surface area (Å²) in [5.74, 6) is -0.519. The van der Waals surface area contributed by atoms with E-state index in [2.05, 4.69) is 25.8 Å². The van der Waals surface area contributed by atoms with E-state index in [-0.39, 0.29) is 5.56 Å². The van der Waals surface area contributed by atoms with Crippen LogP contribution >= 0.6 is 34.8 Å². The zero-order chi connectivity index (χ0) is 28.0. The van der Waals surface area contributed by atoms with Crippen LogP contribution in [0.15, 0.2) is 54.6 Å². The van der Waals surface area contributed by atoms with Crippen LogP contribution in [0.2, 0.25) is 15.1 Å². The molecule has 0 unspecified atom stereocenters. The van der Waals surface area contributed by atoms with Gasteiger partial charge in [-0.15, -0.1) is 0 Å². The summed E-state index contributed by atoms with van der Waals surface area (Å²) < 4.78 is 24.4. The maximum absolute atomic E-state index is 12.2. The van der Waals surface area contributed by atoms with Crippen LogP contribution in [-0.2, 0) is 6.42 Å². The molecule has 1 saturated heterocycles. The number of benzene rings is 3. The molecule has 3 aromatic carbocycles. The second-order valence-corrected chi connectivity index (χ2v) is 9.91. The Hall–Kier alpha value is -2.49. The standard InChI is InChI=1S/C8H8Cl2.C8H6ClN.C7H4F2O.C6H13N/c1-2-6-5-7(9)3-4-8(6)10;1-6-2-3-7(5-10)8(9)4-6;8-6-1-5(4-10)2-7(9)3-6;1-6-3-4-7(2)5-6/h3-5H,2H2,1H3;2-4H,1H3;1-4H;6H,3-5H2,1-2H3/t;;;6-/m...0/s1. The molecule has 1 fully saturated rings. The van der Waals surface area contributed by atoms with Crippen LogP contribution in [-0.4, -0.2) is 31.3 Å². The van der Waals surface area contributed by atoms with E-state index < -0.39 is 11.6 Å². The summed E-state index contributed by atoms with van der Waals surface area (Å²) in [6.07, 6.45) is 2.72. The predicted octanol–water partition coefficient (Wildman–Crippen LogP) is 8.81. The highest BCUT2D eigenvalue weighted by molar-refractivity contribution is 6.33. The predicted molar refractivity (Wildman–Crippen MR) is 150 cm³/mol. The normalized spacial score (nSPS) is 14.1. The number of nitrogens with zero attached hydrogens (tertiary/aromatic N) is 2. The molecule has 198 valence electrons. The molecule has 0 saturated carbocycles. The van der Waals surface area contributed by atoms with Crippen molar-refractivity contribution in [3.05, 3.63) is 104 Å². The summed E-state index contributed by atoms with van der Waals surface area (Å²) in [7, 11) is 2.18. The minimum atomic E-state index is -0.734. The molecule has 1 heterocycles. The van der Waals surface area contributed by atoms with E-state index in [4.69, 9.17) is 40.1 Å². The summed E-state index contributed by atoms with van der Waals surface area (Å²) in [6.45, 7) is 8.91. The second kappa shape index (κ2) is 17.1. The maximum atomic E-state index is 12.2. The highest BCUT2D eigenvalue weighted by atomic mass is 35.5. The van der Waals surface area contributed by atoms with Gasteiger partial charge in [-0.05, 0) is 92.9 Å². The van der Waals surface area contributed by atoms with Gasteiger partial charge < -0.3 is 4.90 Å². The van der Waals surface area contributed by atoms with Crippen molar-refractivity contribution < 1.29 is 13.6 Å². The first-order chi connectivity index (χ1) is 17.5. The molecule has 3 nitrogen and oxygen atoms in total. The van der Waals surface area contributed by atoms with Crippen molar-refractivity contribution >= 4 is 41.1 Å². The molecule has 8 heteroatoms. The fourth-order valence-corrected chi connectivity index (χ4v) is 4.05. The molecule has 0 amide bonds. The average molecular weight is 568 g/mol. The smallest absolute Gasteiger partial charge is 0.150 e. The zero-order valence-corrected chi connectivity index (χ0v) is 23.6. The Morgan fingerprint density at radius 1 is 1.03 bits per heavy atom. The SMILES string of the molecule is CCc1cc(Cl)ccc1Cl.C[C@H]1CCN(C)C1.Cc1ccc(C#N)c(Cl)c1.O=Cc1cc(F)cc(F)c1. The quantitative estimate of drug-likeness (QED) is 0.291. The van der Waals surface area contributed by atoms with Gasteiger partial charge in [0.15, 0.2) is 0 Å². The van der Waals surface area contributed by atoms with Crippen LogP contribution < -0.4 is 0 Å². The van der Waals surface area contributed by atoms with Gasteiger partial charge in [0, 0.05) is 28.2 Å². The first-order valence-electron chi connectivity index (χ1n) is 11.7. The molecule has 37 heavy (non-hydrogen) atoms. The third-order valence-electron chi connectivity index (χ3n) is 5.28. The minimum Gasteiger partial charge on any atom is -0.306 e. The number of carbonyl (C=O) groups is 1. The largest absolute Gasteiger partial charge is 0.306 e. The molecular weight excluding hydrogens is 537 g/mol. The number of carbonyl (C=O) groups excluding carboxylic acids is 1. The summed E-state index contributed by atoms with van der Waals surface area (Å²) in [4.78, 5) is 12.4. The number of nitriles is 1. The van der Waals surface area contributed by atoms with Gasteiger partial charge >= 0.3 is 0 Å². The highest BCUT2D eigenvalue weighted by Gasteiger charge is 2.13. The highest BCUT2D eigenvalue weighted by Crippen LogP contribution is 2.20. The van der Waals surface area contributed by atoms with Gasteiger partial charge in [-0.1, -0.05) is 54.7 Å². The van der Waals surface area contributed by atoms with Gasteiger partial charge in [-0.25, -0.2) is 8.78 Å². The van der Waals surface area contributed by atoms with Crippen molar-refractivity contribution in [3.63, 3.8) is 0 Å². The molecule has 4 rings (SSSR count). The fourth-order valence-electron chi connectivity index (χ4n) is 3.32. The fraction of sp³-hybridized carbons (Fsp3) is 0.310. The molecule has 0 spiro atoms.